The fourth-order valence-electron chi connectivity index (χ4n) is 9.55. The number of piperazine rings is 1. The molecule has 0 radical (unpaired) electrons. The van der Waals surface area contributed by atoms with Gasteiger partial charge in [-0.15, -0.1) is 0 Å². The van der Waals surface area contributed by atoms with E-state index >= 15 is 0 Å². The molecule has 3 saturated heterocycles. The van der Waals surface area contributed by atoms with Crippen molar-refractivity contribution in [2.24, 2.45) is 5.92 Å². The van der Waals surface area contributed by atoms with Crippen molar-refractivity contribution in [2.75, 3.05) is 60.9 Å². The van der Waals surface area contributed by atoms with Gasteiger partial charge in [-0.05, 0) is 92.6 Å². The molecule has 1 unspecified atom stereocenters. The molecule has 18 nitrogen and oxygen atoms in total. The summed E-state index contributed by atoms with van der Waals surface area (Å²) in [6.45, 7) is 6.58. The minimum absolute atomic E-state index is 0.0434. The number of nitrogens with one attached hydrogen (secondary N) is 3. The number of imidazole rings is 1. The third-order valence-electron chi connectivity index (χ3n) is 13.1. The zero-order chi connectivity index (χ0) is 43.2. The first-order valence-electron chi connectivity index (χ1n) is 21.5. The predicted octanol–water partition coefficient (Wildman–Crippen LogP) is 3.41. The first kappa shape index (κ1) is 39.9. The van der Waals surface area contributed by atoms with Gasteiger partial charge in [-0.3, -0.25) is 39.1 Å². The summed E-state index contributed by atoms with van der Waals surface area (Å²) in [6, 6.07) is 18.1. The minimum atomic E-state index is -0.972. The number of imide groups is 2. The largest absolute Gasteiger partial charge is 0.371 e. The van der Waals surface area contributed by atoms with E-state index in [-0.39, 0.29) is 42.1 Å². The molecule has 2 aromatic carbocycles. The molecule has 5 amide bonds. The summed E-state index contributed by atoms with van der Waals surface area (Å²) in [5, 5.41) is 18.0. The van der Waals surface area contributed by atoms with Crippen LogP contribution < -0.4 is 25.8 Å². The summed E-state index contributed by atoms with van der Waals surface area (Å²) in [5.74, 6) is -1.13. The Labute approximate surface area is 362 Å². The molecule has 0 bridgehead atoms. The molecule has 18 heteroatoms. The molecule has 1 saturated carbocycles. The van der Waals surface area contributed by atoms with Crippen LogP contribution in [0.2, 0.25) is 0 Å². The molecule has 4 fully saturated rings. The van der Waals surface area contributed by atoms with Gasteiger partial charge in [0.2, 0.25) is 11.8 Å². The van der Waals surface area contributed by atoms with Gasteiger partial charge in [0.1, 0.15) is 24.1 Å². The smallest absolute Gasteiger partial charge is 0.271 e. The Morgan fingerprint density at radius 2 is 1.57 bits per heavy atom. The van der Waals surface area contributed by atoms with Crippen LogP contribution >= 0.6 is 0 Å². The number of benzene rings is 2. The molecule has 10 rings (SSSR count). The molecule has 1 aliphatic carbocycles. The van der Waals surface area contributed by atoms with Gasteiger partial charge in [-0.2, -0.15) is 5.26 Å². The number of carbonyl (C=O) groups is 5. The Hall–Kier alpha value is -7.26. The molecule has 4 aliphatic heterocycles. The van der Waals surface area contributed by atoms with E-state index < -0.39 is 29.7 Å². The lowest BCUT2D eigenvalue weighted by Gasteiger charge is -2.40. The van der Waals surface area contributed by atoms with Crippen LogP contribution in [0.1, 0.15) is 81.3 Å². The zero-order valence-corrected chi connectivity index (χ0v) is 34.4. The molecular weight excluding hydrogens is 803 g/mol. The van der Waals surface area contributed by atoms with E-state index in [4.69, 9.17) is 0 Å². The molecule has 0 spiro atoms. The predicted molar refractivity (Wildman–Crippen MR) is 230 cm³/mol. The van der Waals surface area contributed by atoms with Crippen molar-refractivity contribution in [3.63, 3.8) is 0 Å². The topological polar surface area (TPSA) is 215 Å². The van der Waals surface area contributed by atoms with Crippen LogP contribution in [0.5, 0.6) is 0 Å². The van der Waals surface area contributed by atoms with Gasteiger partial charge < -0.3 is 25.0 Å². The van der Waals surface area contributed by atoms with Gasteiger partial charge in [-0.25, -0.2) is 19.9 Å². The number of aromatic nitrogens is 5. The number of nitriles is 1. The Balaban J connectivity index is 0.681. The second-order valence-corrected chi connectivity index (χ2v) is 16.9. The fourth-order valence-corrected chi connectivity index (χ4v) is 9.55. The lowest BCUT2D eigenvalue weighted by Crippen LogP contribution is -2.54. The standard InChI is InChI=1S/C45H45N13O5/c46-23-28-2-1-13-47-38(28)43(61)52-30-20-33(21-30)57-26-50-39-40(48-25-49-41(39)57)51-29-3-5-31(6-4-29)56-18-16-54(17-19-56)24-27-11-14-55(15-12-27)32-7-8-34-35(22-32)45(63)58(44(34)62)36-9-10-37(59)53-42(36)60/h1-8,13,22,25-27,30,33,36H,9-12,14-21,24H2,(H,52,61)(H,48,49,51)(H,53,59,60). The van der Waals surface area contributed by atoms with Crippen molar-refractivity contribution >= 4 is 63.6 Å². The zero-order valence-electron chi connectivity index (χ0n) is 34.4. The first-order chi connectivity index (χ1) is 30.7. The SMILES string of the molecule is N#Cc1cccnc1C(=O)NC1CC(n2cnc3c(Nc4ccc(N5CCN(CC6CCN(c7ccc8c(c7)C(=O)N(C7CCC(=O)NC7=O)C8=O)CC6)CC5)cc4)ncnc32)C1. The minimum Gasteiger partial charge on any atom is -0.371 e. The quantitative estimate of drug-likeness (QED) is 0.172. The van der Waals surface area contributed by atoms with Crippen LogP contribution in [0.15, 0.2) is 73.4 Å². The number of pyridine rings is 1. The Morgan fingerprint density at radius 3 is 2.33 bits per heavy atom. The number of fused-ring (bicyclic) bond motifs is 2. The van der Waals surface area contributed by atoms with Gasteiger partial charge in [-0.1, -0.05) is 0 Å². The monoisotopic (exact) mass is 847 g/mol. The summed E-state index contributed by atoms with van der Waals surface area (Å²) in [7, 11) is 0. The second kappa shape index (κ2) is 16.5. The van der Waals surface area contributed by atoms with Crippen molar-refractivity contribution in [1.29, 1.82) is 5.26 Å². The molecule has 3 aromatic heterocycles. The number of rotatable bonds is 10. The van der Waals surface area contributed by atoms with E-state index in [9.17, 15) is 29.2 Å². The summed E-state index contributed by atoms with van der Waals surface area (Å²) in [5.41, 5.74) is 5.35. The van der Waals surface area contributed by atoms with Crippen molar-refractivity contribution in [3.05, 3.63) is 95.8 Å². The van der Waals surface area contributed by atoms with Gasteiger partial charge in [0.25, 0.3) is 17.7 Å². The summed E-state index contributed by atoms with van der Waals surface area (Å²) in [6.07, 6.45) is 8.52. The number of hydrogen-bond acceptors (Lipinski definition) is 14. The number of piperidine rings is 2. The molecule has 320 valence electrons. The van der Waals surface area contributed by atoms with E-state index in [2.05, 4.69) is 74.9 Å². The molecule has 3 N–H and O–H groups in total. The van der Waals surface area contributed by atoms with E-state index in [1.807, 2.05) is 16.7 Å². The highest BCUT2D eigenvalue weighted by atomic mass is 16.2. The van der Waals surface area contributed by atoms with E-state index in [1.54, 1.807) is 30.6 Å². The van der Waals surface area contributed by atoms with Gasteiger partial charge in [0, 0.05) is 87.6 Å². The highest BCUT2D eigenvalue weighted by Gasteiger charge is 2.45. The van der Waals surface area contributed by atoms with Crippen LogP contribution in [-0.2, 0) is 9.59 Å². The lowest BCUT2D eigenvalue weighted by atomic mass is 9.86. The maximum atomic E-state index is 13.4. The van der Waals surface area contributed by atoms with E-state index in [1.165, 1.54) is 18.2 Å². The van der Waals surface area contributed by atoms with E-state index in [0.29, 0.717) is 41.2 Å². The second-order valence-electron chi connectivity index (χ2n) is 16.9. The van der Waals surface area contributed by atoms with Crippen LogP contribution in [0.25, 0.3) is 11.2 Å². The Kier molecular flexibility index (Phi) is 10.5. The molecule has 7 heterocycles. The van der Waals surface area contributed by atoms with Crippen molar-refractivity contribution in [2.45, 2.75) is 56.7 Å². The number of nitrogens with zero attached hydrogens (tertiary/aromatic N) is 10. The van der Waals surface area contributed by atoms with Gasteiger partial charge in [0.05, 0.1) is 23.0 Å². The normalized spacial score (nSPS) is 21.8. The maximum absolute atomic E-state index is 13.4. The van der Waals surface area contributed by atoms with Gasteiger partial charge >= 0.3 is 0 Å². The number of amides is 5. The number of hydrogen-bond donors (Lipinski definition) is 3. The number of carbonyl (C=O) groups excluding carboxylic acids is 5. The summed E-state index contributed by atoms with van der Waals surface area (Å²) >= 11 is 0. The fraction of sp³-hybridized carbons (Fsp3) is 0.378. The maximum Gasteiger partial charge on any atom is 0.271 e. The van der Waals surface area contributed by atoms with Crippen LogP contribution in [0.4, 0.5) is 22.9 Å². The van der Waals surface area contributed by atoms with Crippen LogP contribution in [0, 0.1) is 17.2 Å². The molecule has 5 aliphatic rings. The van der Waals surface area contributed by atoms with Crippen molar-refractivity contribution < 1.29 is 24.0 Å². The molecule has 1 atom stereocenters. The third kappa shape index (κ3) is 7.69. The van der Waals surface area contributed by atoms with Crippen LogP contribution in [-0.4, -0.2) is 122 Å². The third-order valence-corrected chi connectivity index (χ3v) is 13.1. The molecule has 63 heavy (non-hydrogen) atoms. The first-order valence-corrected chi connectivity index (χ1v) is 21.5. The number of anilines is 4. The Bertz CT molecular complexity index is 2670. The summed E-state index contributed by atoms with van der Waals surface area (Å²) < 4.78 is 2.03. The molecular formula is C45H45N13O5. The lowest BCUT2D eigenvalue weighted by molar-refractivity contribution is -0.136. The van der Waals surface area contributed by atoms with Crippen molar-refractivity contribution in [3.8, 4) is 6.07 Å². The average Bonchev–Trinajstić information content (AvgIpc) is 3.83. The highest BCUT2D eigenvalue weighted by Crippen LogP contribution is 2.36. The summed E-state index contributed by atoms with van der Waals surface area (Å²) in [4.78, 5) is 89.4. The van der Waals surface area contributed by atoms with Crippen molar-refractivity contribution in [1.82, 2.24) is 44.9 Å². The van der Waals surface area contributed by atoms with Gasteiger partial charge in [0.15, 0.2) is 17.0 Å². The van der Waals surface area contributed by atoms with E-state index in [0.717, 1.165) is 80.6 Å². The molecule has 5 aromatic rings. The average molecular weight is 848 g/mol. The highest BCUT2D eigenvalue weighted by molar-refractivity contribution is 6.23. The van der Waals surface area contributed by atoms with Crippen LogP contribution in [0.3, 0.4) is 0 Å². The Morgan fingerprint density at radius 1 is 0.825 bits per heavy atom.